The Hall–Kier alpha value is -2.56. The average molecular weight is 312 g/mol. The second-order valence-corrected chi connectivity index (χ2v) is 5.70. The monoisotopic (exact) mass is 312 g/mol. The Morgan fingerprint density at radius 3 is 2.87 bits per heavy atom. The highest BCUT2D eigenvalue weighted by Gasteiger charge is 2.27. The lowest BCUT2D eigenvalue weighted by atomic mass is 9.95. The average Bonchev–Trinajstić information content (AvgIpc) is 2.61. The third kappa shape index (κ3) is 3.44. The van der Waals surface area contributed by atoms with Crippen LogP contribution in [0.1, 0.15) is 24.1 Å². The lowest BCUT2D eigenvalue weighted by molar-refractivity contribution is -0.126. The first-order valence-corrected chi connectivity index (χ1v) is 7.67. The minimum atomic E-state index is -0.180. The summed E-state index contributed by atoms with van der Waals surface area (Å²) in [6.07, 6.45) is 4.13. The number of amides is 1. The highest BCUT2D eigenvalue weighted by Crippen LogP contribution is 2.31. The topological polar surface area (TPSA) is 60.5 Å². The highest BCUT2D eigenvalue weighted by molar-refractivity contribution is 5.80. The molecule has 0 radical (unpaired) electrons. The van der Waals surface area contributed by atoms with Gasteiger partial charge in [0.15, 0.2) is 0 Å². The van der Waals surface area contributed by atoms with Gasteiger partial charge in [-0.1, -0.05) is 6.07 Å². The molecule has 2 aromatic rings. The normalized spacial score (nSPS) is 17.6. The van der Waals surface area contributed by atoms with Crippen LogP contribution < -0.4 is 14.8 Å². The standard InChI is InChI=1S/C18H20N2O3/c1-12(13-5-7-19-8-6-13)20-18(21)15-9-14-3-4-16(22-2)10-17(14)23-11-15/h3-8,10,12,15H,9,11H2,1-2H3,(H,20,21)/t12-,15+/m0/s1. The molecule has 0 aliphatic carbocycles. The molecular formula is C18H20N2O3. The second-order valence-electron chi connectivity index (χ2n) is 5.70. The van der Waals surface area contributed by atoms with Crippen molar-refractivity contribution in [1.82, 2.24) is 10.3 Å². The van der Waals surface area contributed by atoms with E-state index in [1.54, 1.807) is 19.5 Å². The third-order valence-electron chi connectivity index (χ3n) is 4.12. The molecule has 1 aromatic heterocycles. The number of benzene rings is 1. The molecule has 1 aliphatic heterocycles. The van der Waals surface area contributed by atoms with Crippen LogP contribution in [0.3, 0.4) is 0 Å². The summed E-state index contributed by atoms with van der Waals surface area (Å²) in [6.45, 7) is 2.35. The Morgan fingerprint density at radius 2 is 2.13 bits per heavy atom. The molecule has 1 amide bonds. The molecule has 120 valence electrons. The van der Waals surface area contributed by atoms with Crippen LogP contribution in [0.25, 0.3) is 0 Å². The predicted octanol–water partition coefficient (Wildman–Crippen LogP) is 2.52. The fourth-order valence-corrected chi connectivity index (χ4v) is 2.71. The number of ether oxygens (including phenoxy) is 2. The Labute approximate surface area is 135 Å². The molecule has 23 heavy (non-hydrogen) atoms. The maximum absolute atomic E-state index is 12.5. The van der Waals surface area contributed by atoms with Crippen LogP contribution in [0.2, 0.25) is 0 Å². The van der Waals surface area contributed by atoms with Crippen LogP contribution in [0.5, 0.6) is 11.5 Å². The van der Waals surface area contributed by atoms with E-state index in [9.17, 15) is 4.79 Å². The molecule has 0 fully saturated rings. The zero-order chi connectivity index (χ0) is 16.2. The Morgan fingerprint density at radius 1 is 1.35 bits per heavy atom. The van der Waals surface area contributed by atoms with E-state index in [4.69, 9.17) is 9.47 Å². The molecule has 1 aromatic carbocycles. The van der Waals surface area contributed by atoms with Crippen molar-refractivity contribution in [3.63, 3.8) is 0 Å². The Kier molecular flexibility index (Phi) is 4.46. The van der Waals surface area contributed by atoms with Crippen molar-refractivity contribution < 1.29 is 14.3 Å². The quantitative estimate of drug-likeness (QED) is 0.942. The van der Waals surface area contributed by atoms with Gasteiger partial charge in [0.05, 0.1) is 19.1 Å². The van der Waals surface area contributed by atoms with E-state index in [1.807, 2.05) is 37.3 Å². The number of carbonyl (C=O) groups is 1. The van der Waals surface area contributed by atoms with Crippen LogP contribution in [-0.4, -0.2) is 24.6 Å². The van der Waals surface area contributed by atoms with Gasteiger partial charge in [0.25, 0.3) is 0 Å². The molecule has 2 heterocycles. The second kappa shape index (κ2) is 6.69. The number of fused-ring (bicyclic) bond motifs is 1. The van der Waals surface area contributed by atoms with Gasteiger partial charge in [-0.3, -0.25) is 9.78 Å². The molecule has 0 unspecified atom stereocenters. The summed E-state index contributed by atoms with van der Waals surface area (Å²) in [5.74, 6) is 1.39. The van der Waals surface area contributed by atoms with E-state index in [0.717, 1.165) is 22.6 Å². The van der Waals surface area contributed by atoms with Crippen LogP contribution in [0.15, 0.2) is 42.7 Å². The first-order valence-electron chi connectivity index (χ1n) is 7.67. The van der Waals surface area contributed by atoms with Crippen molar-refractivity contribution in [2.24, 2.45) is 5.92 Å². The van der Waals surface area contributed by atoms with Crippen LogP contribution in [0, 0.1) is 5.92 Å². The lowest BCUT2D eigenvalue weighted by Crippen LogP contribution is -2.38. The third-order valence-corrected chi connectivity index (χ3v) is 4.12. The van der Waals surface area contributed by atoms with E-state index in [1.165, 1.54) is 0 Å². The van der Waals surface area contributed by atoms with E-state index in [-0.39, 0.29) is 17.9 Å². The largest absolute Gasteiger partial charge is 0.497 e. The number of nitrogens with zero attached hydrogens (tertiary/aromatic N) is 1. The summed E-state index contributed by atoms with van der Waals surface area (Å²) in [5, 5.41) is 3.05. The highest BCUT2D eigenvalue weighted by atomic mass is 16.5. The van der Waals surface area contributed by atoms with Crippen molar-refractivity contribution in [2.45, 2.75) is 19.4 Å². The molecule has 0 bridgehead atoms. The molecule has 5 heteroatoms. The number of hydrogen-bond donors (Lipinski definition) is 1. The van der Waals surface area contributed by atoms with Gasteiger partial charge < -0.3 is 14.8 Å². The van der Waals surface area contributed by atoms with Gasteiger partial charge in [-0.25, -0.2) is 0 Å². The minimum Gasteiger partial charge on any atom is -0.497 e. The first-order chi connectivity index (χ1) is 11.2. The van der Waals surface area contributed by atoms with E-state index >= 15 is 0 Å². The summed E-state index contributed by atoms with van der Waals surface area (Å²) in [4.78, 5) is 16.5. The maximum atomic E-state index is 12.5. The predicted molar refractivity (Wildman–Crippen MR) is 86.5 cm³/mol. The Balaban J connectivity index is 1.65. The summed E-state index contributed by atoms with van der Waals surface area (Å²) in [6, 6.07) is 9.47. The molecule has 5 nitrogen and oxygen atoms in total. The van der Waals surface area contributed by atoms with Crippen molar-refractivity contribution in [1.29, 1.82) is 0 Å². The number of aromatic nitrogens is 1. The lowest BCUT2D eigenvalue weighted by Gasteiger charge is -2.26. The molecule has 1 aliphatic rings. The fourth-order valence-electron chi connectivity index (χ4n) is 2.71. The van der Waals surface area contributed by atoms with Crippen molar-refractivity contribution in [3.05, 3.63) is 53.9 Å². The van der Waals surface area contributed by atoms with Gasteiger partial charge in [0.1, 0.15) is 18.1 Å². The molecule has 2 atom stereocenters. The zero-order valence-corrected chi connectivity index (χ0v) is 13.3. The van der Waals surface area contributed by atoms with E-state index in [0.29, 0.717) is 13.0 Å². The first kappa shape index (κ1) is 15.3. The van der Waals surface area contributed by atoms with Gasteiger partial charge in [-0.15, -0.1) is 0 Å². The van der Waals surface area contributed by atoms with Gasteiger partial charge >= 0.3 is 0 Å². The van der Waals surface area contributed by atoms with Crippen LogP contribution in [-0.2, 0) is 11.2 Å². The maximum Gasteiger partial charge on any atom is 0.227 e. The summed E-state index contributed by atoms with van der Waals surface area (Å²) < 4.78 is 10.9. The van der Waals surface area contributed by atoms with Crippen molar-refractivity contribution >= 4 is 5.91 Å². The fraction of sp³-hybridized carbons (Fsp3) is 0.333. The molecule has 3 rings (SSSR count). The van der Waals surface area contributed by atoms with E-state index in [2.05, 4.69) is 10.3 Å². The molecular weight excluding hydrogens is 292 g/mol. The van der Waals surface area contributed by atoms with Gasteiger partial charge in [-0.05, 0) is 42.7 Å². The van der Waals surface area contributed by atoms with Crippen LogP contribution >= 0.6 is 0 Å². The van der Waals surface area contributed by atoms with Crippen molar-refractivity contribution in [3.8, 4) is 11.5 Å². The number of rotatable bonds is 4. The SMILES string of the molecule is COc1ccc2c(c1)OC[C@H](C(=O)N[C@@H](C)c1ccncc1)C2. The number of pyridine rings is 1. The van der Waals surface area contributed by atoms with E-state index < -0.39 is 0 Å². The summed E-state index contributed by atoms with van der Waals surface area (Å²) in [7, 11) is 1.63. The van der Waals surface area contributed by atoms with Gasteiger partial charge in [-0.2, -0.15) is 0 Å². The van der Waals surface area contributed by atoms with Crippen LogP contribution in [0.4, 0.5) is 0 Å². The molecule has 0 saturated carbocycles. The number of carbonyl (C=O) groups excluding carboxylic acids is 1. The smallest absolute Gasteiger partial charge is 0.227 e. The molecule has 1 N–H and O–H groups in total. The molecule has 0 spiro atoms. The van der Waals surface area contributed by atoms with Gasteiger partial charge in [0, 0.05) is 18.5 Å². The number of methoxy groups -OCH3 is 1. The van der Waals surface area contributed by atoms with Gasteiger partial charge in [0.2, 0.25) is 5.91 Å². The Bertz CT molecular complexity index is 688. The molecule has 0 saturated heterocycles. The zero-order valence-electron chi connectivity index (χ0n) is 13.3. The summed E-state index contributed by atoms with van der Waals surface area (Å²) >= 11 is 0. The minimum absolute atomic E-state index is 0.00998. The summed E-state index contributed by atoms with van der Waals surface area (Å²) in [5.41, 5.74) is 2.07. The van der Waals surface area contributed by atoms with Crippen molar-refractivity contribution in [2.75, 3.05) is 13.7 Å². The number of nitrogens with one attached hydrogen (secondary N) is 1. The number of hydrogen-bond acceptors (Lipinski definition) is 4.